The normalized spacial score (nSPS) is 11.5. The molecular formula is C6H5O3S2-. The van der Waals surface area contributed by atoms with Crippen molar-refractivity contribution in [1.82, 2.24) is 0 Å². The van der Waals surface area contributed by atoms with E-state index in [2.05, 4.69) is 12.6 Å². The number of hydrogen-bond donors (Lipinski definition) is 1. The molecule has 0 aromatic heterocycles. The average molecular weight is 189 g/mol. The SMILES string of the molecule is O=S(=O)([O-])c1ccccc1S. The topological polar surface area (TPSA) is 57.2 Å². The minimum absolute atomic E-state index is 0.183. The third-order valence-corrected chi connectivity index (χ3v) is 2.57. The molecule has 0 saturated heterocycles. The zero-order valence-corrected chi connectivity index (χ0v) is 7.10. The van der Waals surface area contributed by atoms with Gasteiger partial charge in [-0.3, -0.25) is 0 Å². The lowest BCUT2D eigenvalue weighted by molar-refractivity contribution is 0.461. The molecule has 0 unspecified atom stereocenters. The summed E-state index contributed by atoms with van der Waals surface area (Å²) in [5.74, 6) is 0. The van der Waals surface area contributed by atoms with E-state index in [1.54, 1.807) is 6.07 Å². The van der Waals surface area contributed by atoms with Crippen molar-refractivity contribution in [3.8, 4) is 0 Å². The van der Waals surface area contributed by atoms with Gasteiger partial charge in [-0.15, -0.1) is 12.6 Å². The Morgan fingerprint density at radius 3 is 2.18 bits per heavy atom. The van der Waals surface area contributed by atoms with E-state index in [1.165, 1.54) is 18.2 Å². The van der Waals surface area contributed by atoms with Crippen molar-refractivity contribution >= 4 is 22.7 Å². The van der Waals surface area contributed by atoms with E-state index in [1.807, 2.05) is 0 Å². The minimum Gasteiger partial charge on any atom is -0.744 e. The predicted octanol–water partition coefficient (Wildman–Crippen LogP) is 0.879. The van der Waals surface area contributed by atoms with Crippen LogP contribution in [0.5, 0.6) is 0 Å². The zero-order chi connectivity index (χ0) is 8.48. The van der Waals surface area contributed by atoms with Crippen molar-refractivity contribution in [2.24, 2.45) is 0 Å². The van der Waals surface area contributed by atoms with Gasteiger partial charge in [0.15, 0.2) is 0 Å². The van der Waals surface area contributed by atoms with Crippen molar-refractivity contribution in [2.45, 2.75) is 9.79 Å². The van der Waals surface area contributed by atoms with Gasteiger partial charge in [-0.05, 0) is 12.1 Å². The fourth-order valence-electron chi connectivity index (χ4n) is 0.669. The summed E-state index contributed by atoms with van der Waals surface area (Å²) < 4.78 is 31.3. The van der Waals surface area contributed by atoms with Crippen LogP contribution in [0.15, 0.2) is 34.1 Å². The van der Waals surface area contributed by atoms with Crippen molar-refractivity contribution < 1.29 is 13.0 Å². The molecule has 1 aromatic carbocycles. The molecule has 60 valence electrons. The van der Waals surface area contributed by atoms with E-state index < -0.39 is 10.1 Å². The second-order valence-electron chi connectivity index (χ2n) is 1.92. The first-order valence-corrected chi connectivity index (χ1v) is 4.61. The summed E-state index contributed by atoms with van der Waals surface area (Å²) in [5.41, 5.74) is 0. The Labute approximate surface area is 70.2 Å². The summed E-state index contributed by atoms with van der Waals surface area (Å²) in [6.45, 7) is 0. The summed E-state index contributed by atoms with van der Waals surface area (Å²) >= 11 is 3.81. The first-order chi connectivity index (χ1) is 5.02. The summed E-state index contributed by atoms with van der Waals surface area (Å²) in [5, 5.41) is 0. The molecule has 1 rings (SSSR count). The Kier molecular flexibility index (Phi) is 2.22. The predicted molar refractivity (Wildman–Crippen MR) is 41.7 cm³/mol. The molecule has 0 aliphatic carbocycles. The van der Waals surface area contributed by atoms with E-state index in [0.717, 1.165) is 0 Å². The molecule has 0 saturated carbocycles. The lowest BCUT2D eigenvalue weighted by Crippen LogP contribution is -1.98. The van der Waals surface area contributed by atoms with Crippen LogP contribution in [0.2, 0.25) is 0 Å². The maximum absolute atomic E-state index is 10.4. The Morgan fingerprint density at radius 2 is 1.82 bits per heavy atom. The fraction of sp³-hybridized carbons (Fsp3) is 0. The largest absolute Gasteiger partial charge is 0.744 e. The monoisotopic (exact) mass is 189 g/mol. The van der Waals surface area contributed by atoms with Crippen LogP contribution in [0.1, 0.15) is 0 Å². The summed E-state index contributed by atoms with van der Waals surface area (Å²) in [7, 11) is -4.36. The Bertz CT molecular complexity index is 356. The third kappa shape index (κ3) is 1.95. The van der Waals surface area contributed by atoms with Crippen LogP contribution in [0.3, 0.4) is 0 Å². The zero-order valence-electron chi connectivity index (χ0n) is 5.39. The molecule has 0 fully saturated rings. The number of benzene rings is 1. The van der Waals surface area contributed by atoms with Crippen molar-refractivity contribution in [3.63, 3.8) is 0 Å². The van der Waals surface area contributed by atoms with Gasteiger partial charge in [-0.2, -0.15) is 0 Å². The Hall–Kier alpha value is -0.520. The van der Waals surface area contributed by atoms with Gasteiger partial charge < -0.3 is 4.55 Å². The highest BCUT2D eigenvalue weighted by molar-refractivity contribution is 7.87. The van der Waals surface area contributed by atoms with Crippen molar-refractivity contribution in [3.05, 3.63) is 24.3 Å². The summed E-state index contributed by atoms with van der Waals surface area (Å²) in [4.78, 5) is -0.0918. The number of hydrogen-bond acceptors (Lipinski definition) is 4. The second-order valence-corrected chi connectivity index (χ2v) is 3.75. The fourth-order valence-corrected chi connectivity index (χ4v) is 1.73. The minimum atomic E-state index is -4.36. The van der Waals surface area contributed by atoms with Crippen LogP contribution < -0.4 is 0 Å². The molecule has 0 N–H and O–H groups in total. The molecule has 11 heavy (non-hydrogen) atoms. The maximum Gasteiger partial charge on any atom is 0.125 e. The molecule has 0 radical (unpaired) electrons. The van der Waals surface area contributed by atoms with Crippen molar-refractivity contribution in [2.75, 3.05) is 0 Å². The molecular weight excluding hydrogens is 184 g/mol. The van der Waals surface area contributed by atoms with Crippen LogP contribution in [-0.4, -0.2) is 13.0 Å². The molecule has 0 amide bonds. The molecule has 0 aliphatic heterocycles. The maximum atomic E-state index is 10.4. The molecule has 0 heterocycles. The Morgan fingerprint density at radius 1 is 1.27 bits per heavy atom. The van der Waals surface area contributed by atoms with E-state index in [9.17, 15) is 13.0 Å². The third-order valence-electron chi connectivity index (χ3n) is 1.13. The number of rotatable bonds is 1. The lowest BCUT2D eigenvalue weighted by atomic mass is 10.4. The van der Waals surface area contributed by atoms with Gasteiger partial charge >= 0.3 is 0 Å². The van der Waals surface area contributed by atoms with Crippen molar-refractivity contribution in [1.29, 1.82) is 0 Å². The first kappa shape index (κ1) is 8.58. The summed E-state index contributed by atoms with van der Waals surface area (Å²) in [6, 6.07) is 5.76. The van der Waals surface area contributed by atoms with Gasteiger partial charge in [-0.1, -0.05) is 12.1 Å². The average Bonchev–Trinajstić information content (AvgIpc) is 1.86. The van der Waals surface area contributed by atoms with Crippen LogP contribution in [0, 0.1) is 0 Å². The summed E-state index contributed by atoms with van der Waals surface area (Å²) in [6.07, 6.45) is 0. The van der Waals surface area contributed by atoms with E-state index in [-0.39, 0.29) is 9.79 Å². The van der Waals surface area contributed by atoms with Crippen LogP contribution >= 0.6 is 12.6 Å². The highest BCUT2D eigenvalue weighted by Crippen LogP contribution is 2.17. The molecule has 0 spiro atoms. The highest BCUT2D eigenvalue weighted by Gasteiger charge is 2.03. The molecule has 1 aromatic rings. The molecule has 0 bridgehead atoms. The van der Waals surface area contributed by atoms with Gasteiger partial charge in [0.2, 0.25) is 0 Å². The molecule has 3 nitrogen and oxygen atoms in total. The molecule has 5 heteroatoms. The van der Waals surface area contributed by atoms with Gasteiger partial charge in [0.05, 0.1) is 4.90 Å². The standard InChI is InChI=1S/C6H6O3S2/c7-11(8,9)6-4-2-1-3-5(6)10/h1-4,10H,(H,7,8,9)/p-1. The van der Waals surface area contributed by atoms with E-state index in [4.69, 9.17) is 0 Å². The molecule has 0 atom stereocenters. The second kappa shape index (κ2) is 2.84. The van der Waals surface area contributed by atoms with Gasteiger partial charge in [0.1, 0.15) is 10.1 Å². The first-order valence-electron chi connectivity index (χ1n) is 2.76. The van der Waals surface area contributed by atoms with Crippen LogP contribution in [-0.2, 0) is 10.1 Å². The van der Waals surface area contributed by atoms with E-state index >= 15 is 0 Å². The number of thiol groups is 1. The quantitative estimate of drug-likeness (QED) is 0.527. The van der Waals surface area contributed by atoms with E-state index in [0.29, 0.717) is 0 Å². The van der Waals surface area contributed by atoms with Gasteiger partial charge in [-0.25, -0.2) is 8.42 Å². The smallest absolute Gasteiger partial charge is 0.125 e. The highest BCUT2D eigenvalue weighted by atomic mass is 32.2. The molecule has 0 aliphatic rings. The van der Waals surface area contributed by atoms with Gasteiger partial charge in [0, 0.05) is 4.90 Å². The van der Waals surface area contributed by atoms with Crippen LogP contribution in [0.4, 0.5) is 0 Å². The van der Waals surface area contributed by atoms with Crippen LogP contribution in [0.25, 0.3) is 0 Å². The van der Waals surface area contributed by atoms with Gasteiger partial charge in [0.25, 0.3) is 0 Å². The Balaban J connectivity index is 3.37. The lowest BCUT2D eigenvalue weighted by Gasteiger charge is -2.07.